The molecule has 0 aliphatic heterocycles. The van der Waals surface area contributed by atoms with Crippen LogP contribution in [0.15, 0.2) is 60.6 Å². The lowest BCUT2D eigenvalue weighted by molar-refractivity contribution is -0.187. The molecule has 0 saturated carbocycles. The van der Waals surface area contributed by atoms with E-state index in [1.165, 1.54) is 24.3 Å². The molecule has 4 N–H and O–H groups in total. The van der Waals surface area contributed by atoms with Crippen molar-refractivity contribution in [2.45, 2.75) is 11.2 Å². The molecule has 26 heavy (non-hydrogen) atoms. The van der Waals surface area contributed by atoms with Gasteiger partial charge in [-0.25, -0.2) is 9.59 Å². The molecule has 0 heterocycles. The molecule has 0 aromatic heterocycles. The van der Waals surface area contributed by atoms with Gasteiger partial charge in [-0.1, -0.05) is 60.6 Å². The monoisotopic (exact) mass is 360 g/mol. The maximum atomic E-state index is 12.7. The van der Waals surface area contributed by atoms with Crippen molar-refractivity contribution in [3.63, 3.8) is 0 Å². The second-order valence-corrected chi connectivity index (χ2v) is 5.24. The Bertz CT molecular complexity index is 910. The fourth-order valence-corrected chi connectivity index (χ4v) is 2.29. The average Bonchev–Trinajstić information content (AvgIpc) is 2.65. The lowest BCUT2D eigenvalue weighted by Gasteiger charge is -2.34. The van der Waals surface area contributed by atoms with Gasteiger partial charge in [-0.3, -0.25) is 9.59 Å². The molecule has 0 aliphatic rings. The molecule has 2 unspecified atom stereocenters. The number of carboxylic acid groups (broad SMARTS) is 2. The average molecular weight is 360 g/mol. The standard InChI is InChI=1S/C18H14O8/c19-13(11-7-3-1-4-8-11)17(25,15(21)22)18(26,16(23)24)14(20)12-9-5-2-6-10-12/h1-10,25-26H,(H,21,22)(H,23,24)/i7D,9D. The SMILES string of the molecule is [2H]c1ccccc1C(=O)C(O)(C(=O)O)C(O)(C(=O)O)C(=O)c1ccccc1[2H]. The third-order valence-corrected chi connectivity index (χ3v) is 3.71. The first kappa shape index (κ1) is 16.1. The minimum atomic E-state index is -4.17. The second-order valence-electron chi connectivity index (χ2n) is 5.24. The van der Waals surface area contributed by atoms with Crippen LogP contribution < -0.4 is 0 Å². The number of benzene rings is 2. The summed E-state index contributed by atoms with van der Waals surface area (Å²) in [6, 6.07) is 7.96. The third kappa shape index (κ3) is 2.77. The van der Waals surface area contributed by atoms with Gasteiger partial charge in [0.05, 0.1) is 2.74 Å². The fraction of sp³-hybridized carbons (Fsp3) is 0.111. The van der Waals surface area contributed by atoms with Crippen molar-refractivity contribution in [1.82, 2.24) is 0 Å². The molecule has 2 aromatic rings. The zero-order valence-electron chi connectivity index (χ0n) is 15.0. The Balaban J connectivity index is 2.78. The molecule has 0 amide bonds. The smallest absolute Gasteiger partial charge is 0.348 e. The number of Topliss-reactive ketones (excluding diaryl/α,β-unsaturated/α-hetero) is 2. The quantitative estimate of drug-likeness (QED) is 0.409. The summed E-state index contributed by atoms with van der Waals surface area (Å²) in [5.41, 5.74) is -9.79. The maximum Gasteiger partial charge on any atom is 0.348 e. The summed E-state index contributed by atoms with van der Waals surface area (Å²) in [6.45, 7) is 0. The van der Waals surface area contributed by atoms with Gasteiger partial charge in [-0.15, -0.1) is 0 Å². The largest absolute Gasteiger partial charge is 0.479 e. The molecule has 8 nitrogen and oxygen atoms in total. The number of hydrogen-bond acceptors (Lipinski definition) is 6. The van der Waals surface area contributed by atoms with Crippen molar-refractivity contribution in [3.8, 4) is 0 Å². The first-order valence-electron chi connectivity index (χ1n) is 8.12. The first-order valence-corrected chi connectivity index (χ1v) is 7.12. The van der Waals surface area contributed by atoms with E-state index in [9.17, 15) is 39.6 Å². The molecule has 0 bridgehead atoms. The second kappa shape index (κ2) is 6.87. The summed E-state index contributed by atoms with van der Waals surface area (Å²) in [5.74, 6) is -8.76. The van der Waals surface area contributed by atoms with Crippen molar-refractivity contribution in [3.05, 3.63) is 71.7 Å². The number of carbonyl (C=O) groups is 4. The van der Waals surface area contributed by atoms with Crippen LogP contribution in [0.4, 0.5) is 0 Å². The number of carboxylic acids is 2. The van der Waals surface area contributed by atoms with E-state index in [-0.39, 0.29) is 0 Å². The summed E-state index contributed by atoms with van der Waals surface area (Å²) in [7, 11) is 0. The number of hydrogen-bond donors (Lipinski definition) is 4. The summed E-state index contributed by atoms with van der Waals surface area (Å²) in [4.78, 5) is 49.0. The Morgan fingerprint density at radius 3 is 1.31 bits per heavy atom. The molecule has 0 fully saturated rings. The van der Waals surface area contributed by atoms with Crippen LogP contribution >= 0.6 is 0 Å². The molecule has 2 aromatic carbocycles. The van der Waals surface area contributed by atoms with Crippen LogP contribution in [0.5, 0.6) is 0 Å². The number of rotatable bonds is 7. The van der Waals surface area contributed by atoms with Crippen LogP contribution in [0.25, 0.3) is 0 Å². The molecule has 0 aliphatic carbocycles. The van der Waals surface area contributed by atoms with E-state index in [0.29, 0.717) is 0 Å². The maximum absolute atomic E-state index is 12.7. The fourth-order valence-electron chi connectivity index (χ4n) is 2.29. The van der Waals surface area contributed by atoms with Gasteiger partial charge in [0.15, 0.2) is 0 Å². The van der Waals surface area contributed by atoms with E-state index in [4.69, 9.17) is 2.74 Å². The highest BCUT2D eigenvalue weighted by Crippen LogP contribution is 2.31. The van der Waals surface area contributed by atoms with Gasteiger partial charge >= 0.3 is 11.9 Å². The van der Waals surface area contributed by atoms with Gasteiger partial charge in [-0.2, -0.15) is 0 Å². The van der Waals surface area contributed by atoms with E-state index in [0.717, 1.165) is 24.3 Å². The van der Waals surface area contributed by atoms with Crippen LogP contribution in [0, 0.1) is 0 Å². The van der Waals surface area contributed by atoms with Crippen molar-refractivity contribution >= 4 is 23.5 Å². The first-order chi connectivity index (χ1) is 13.0. The highest BCUT2D eigenvalue weighted by Gasteiger charge is 2.69. The molecule has 0 saturated heterocycles. The predicted octanol–water partition coefficient (Wildman–Crippen LogP) is 0.384. The van der Waals surface area contributed by atoms with Crippen molar-refractivity contribution in [1.29, 1.82) is 0 Å². The van der Waals surface area contributed by atoms with E-state index in [2.05, 4.69) is 0 Å². The van der Waals surface area contributed by atoms with Crippen LogP contribution in [-0.2, 0) is 9.59 Å². The van der Waals surface area contributed by atoms with Gasteiger partial charge in [0.1, 0.15) is 0 Å². The van der Waals surface area contributed by atoms with Crippen LogP contribution in [-0.4, -0.2) is 55.1 Å². The summed E-state index contributed by atoms with van der Waals surface area (Å²) < 4.78 is 15.3. The van der Waals surface area contributed by atoms with Crippen molar-refractivity contribution < 1.29 is 42.3 Å². The molecule has 2 rings (SSSR count). The zero-order valence-corrected chi connectivity index (χ0v) is 13.0. The highest BCUT2D eigenvalue weighted by molar-refractivity contribution is 6.28. The summed E-state index contributed by atoms with van der Waals surface area (Å²) in [6.07, 6.45) is 0. The Kier molecular flexibility index (Phi) is 4.26. The molecular weight excluding hydrogens is 344 g/mol. The number of carbonyl (C=O) groups excluding carboxylic acids is 2. The summed E-state index contributed by atoms with van der Waals surface area (Å²) in [5, 5.41) is 40.1. The number of aliphatic hydroxyl groups is 2. The lowest BCUT2D eigenvalue weighted by Crippen LogP contribution is -2.71. The lowest BCUT2D eigenvalue weighted by atomic mass is 9.73. The Hall–Kier alpha value is -3.36. The number of ketones is 2. The third-order valence-electron chi connectivity index (χ3n) is 3.71. The van der Waals surface area contributed by atoms with Gasteiger partial charge < -0.3 is 20.4 Å². The number of aliphatic carboxylic acids is 2. The van der Waals surface area contributed by atoms with E-state index < -0.39 is 57.9 Å². The zero-order chi connectivity index (χ0) is 21.3. The van der Waals surface area contributed by atoms with Gasteiger partial charge in [-0.05, 0) is 0 Å². The molecule has 0 radical (unpaired) electrons. The Labute approximate surface area is 149 Å². The minimum absolute atomic E-state index is 0.562. The minimum Gasteiger partial charge on any atom is -0.479 e. The van der Waals surface area contributed by atoms with E-state index >= 15 is 0 Å². The molecular formula is C18H14O8. The molecule has 0 spiro atoms. The Morgan fingerprint density at radius 2 is 1.04 bits per heavy atom. The Morgan fingerprint density at radius 1 is 0.692 bits per heavy atom. The van der Waals surface area contributed by atoms with E-state index in [1.807, 2.05) is 0 Å². The van der Waals surface area contributed by atoms with Crippen LogP contribution in [0.2, 0.25) is 0 Å². The van der Waals surface area contributed by atoms with Gasteiger partial charge in [0, 0.05) is 11.1 Å². The normalized spacial score (nSPS) is 16.4. The van der Waals surface area contributed by atoms with E-state index in [1.54, 1.807) is 0 Å². The van der Waals surface area contributed by atoms with Gasteiger partial charge in [0.2, 0.25) is 11.6 Å². The van der Waals surface area contributed by atoms with Crippen LogP contribution in [0.1, 0.15) is 23.5 Å². The summed E-state index contributed by atoms with van der Waals surface area (Å²) >= 11 is 0. The van der Waals surface area contributed by atoms with Gasteiger partial charge in [0.25, 0.3) is 11.2 Å². The molecule has 2 atom stereocenters. The molecule has 134 valence electrons. The molecule has 8 heteroatoms. The van der Waals surface area contributed by atoms with Crippen molar-refractivity contribution in [2.75, 3.05) is 0 Å². The topological polar surface area (TPSA) is 149 Å². The van der Waals surface area contributed by atoms with Crippen LogP contribution in [0.3, 0.4) is 0 Å². The highest BCUT2D eigenvalue weighted by atomic mass is 16.5. The van der Waals surface area contributed by atoms with Crippen molar-refractivity contribution in [2.24, 2.45) is 0 Å². The predicted molar refractivity (Wildman–Crippen MR) is 86.7 cm³/mol.